The van der Waals surface area contributed by atoms with E-state index in [-0.39, 0.29) is 5.60 Å². The highest BCUT2D eigenvalue weighted by atomic mass is 16.5. The minimum Gasteiger partial charge on any atom is -0.385 e. The van der Waals surface area contributed by atoms with Crippen molar-refractivity contribution in [3.63, 3.8) is 0 Å². The number of hydrogen-bond acceptors (Lipinski definition) is 5. The molecule has 0 saturated carbocycles. The van der Waals surface area contributed by atoms with Crippen molar-refractivity contribution in [2.24, 2.45) is 0 Å². The lowest BCUT2D eigenvalue weighted by Crippen LogP contribution is -2.25. The van der Waals surface area contributed by atoms with E-state index in [9.17, 15) is 5.11 Å². The second-order valence-corrected chi connectivity index (χ2v) is 3.86. The molecule has 5 nitrogen and oxygen atoms in total. The van der Waals surface area contributed by atoms with Gasteiger partial charge in [0.25, 0.3) is 0 Å². The van der Waals surface area contributed by atoms with E-state index in [2.05, 4.69) is 10.1 Å². The normalized spacial score (nSPS) is 14.4. The Morgan fingerprint density at radius 3 is 2.64 bits per heavy atom. The summed E-state index contributed by atoms with van der Waals surface area (Å²) in [5.74, 6) is 0.791. The van der Waals surface area contributed by atoms with Crippen LogP contribution in [0.15, 0.2) is 4.52 Å². The highest BCUT2D eigenvalue weighted by molar-refractivity contribution is 4.92. The van der Waals surface area contributed by atoms with E-state index in [0.29, 0.717) is 18.1 Å². The molecule has 0 saturated heterocycles. The summed E-state index contributed by atoms with van der Waals surface area (Å²) in [6, 6.07) is 0. The Bertz CT molecular complexity index is 294. The van der Waals surface area contributed by atoms with Crippen molar-refractivity contribution < 1.29 is 14.4 Å². The molecule has 80 valence electrons. The topological polar surface area (TPSA) is 68.4 Å². The quantitative estimate of drug-likeness (QED) is 0.787. The largest absolute Gasteiger partial charge is 0.385 e. The third-order valence-electron chi connectivity index (χ3n) is 1.99. The maximum Gasteiger partial charge on any atom is 0.229 e. The van der Waals surface area contributed by atoms with E-state index in [1.54, 1.807) is 14.0 Å². The number of aromatic nitrogens is 2. The van der Waals surface area contributed by atoms with Crippen LogP contribution in [0.5, 0.6) is 0 Å². The van der Waals surface area contributed by atoms with Gasteiger partial charge in [-0.2, -0.15) is 4.98 Å². The lowest BCUT2D eigenvalue weighted by Gasteiger charge is -2.19. The van der Waals surface area contributed by atoms with Crippen LogP contribution in [-0.4, -0.2) is 28.0 Å². The smallest absolute Gasteiger partial charge is 0.229 e. The van der Waals surface area contributed by atoms with Crippen molar-refractivity contribution in [1.29, 1.82) is 0 Å². The molecule has 0 radical (unpaired) electrons. The highest BCUT2D eigenvalue weighted by Gasteiger charge is 2.22. The molecule has 0 bridgehead atoms. The molecule has 0 aliphatic heterocycles. The van der Waals surface area contributed by atoms with Gasteiger partial charge in [-0.3, -0.25) is 0 Å². The molecule has 0 aliphatic carbocycles. The summed E-state index contributed by atoms with van der Waals surface area (Å²) < 4.78 is 10.2. The molecule has 1 aromatic heterocycles. The summed E-state index contributed by atoms with van der Waals surface area (Å²) in [6.07, 6.45) is -0.165. The van der Waals surface area contributed by atoms with E-state index >= 15 is 0 Å². The molecular formula is C9H16N2O3. The maximum absolute atomic E-state index is 9.18. The molecule has 5 heteroatoms. The number of nitrogens with zero attached hydrogens (tertiary/aromatic N) is 2. The molecule has 1 aromatic rings. The predicted molar refractivity (Wildman–Crippen MR) is 49.7 cm³/mol. The van der Waals surface area contributed by atoms with E-state index in [1.165, 1.54) is 0 Å². The molecule has 1 atom stereocenters. The van der Waals surface area contributed by atoms with Crippen LogP contribution in [-0.2, 0) is 11.2 Å². The molecule has 0 fully saturated rings. The molecule has 14 heavy (non-hydrogen) atoms. The molecule has 0 spiro atoms. The Kier molecular flexibility index (Phi) is 3.23. The van der Waals surface area contributed by atoms with Gasteiger partial charge in [0.1, 0.15) is 6.10 Å². The van der Waals surface area contributed by atoms with Gasteiger partial charge in [-0.15, -0.1) is 0 Å². The zero-order valence-corrected chi connectivity index (χ0v) is 8.94. The Morgan fingerprint density at radius 1 is 1.57 bits per heavy atom. The average molecular weight is 200 g/mol. The van der Waals surface area contributed by atoms with Gasteiger partial charge in [0, 0.05) is 7.11 Å². The first-order chi connectivity index (χ1) is 6.44. The van der Waals surface area contributed by atoms with Gasteiger partial charge in [-0.25, -0.2) is 0 Å². The Labute approximate surface area is 83.1 Å². The standard InChI is InChI=1S/C9H16N2O3/c1-6(12)8-10-7(14-11-8)5-9(2,3)13-4/h6,12H,5H2,1-4H3. The lowest BCUT2D eigenvalue weighted by molar-refractivity contribution is 0.0170. The van der Waals surface area contributed by atoms with E-state index < -0.39 is 6.10 Å². The molecule has 1 heterocycles. The SMILES string of the molecule is COC(C)(C)Cc1nc(C(C)O)no1. The second kappa shape index (κ2) is 4.06. The number of hydrogen-bond donors (Lipinski definition) is 1. The summed E-state index contributed by atoms with van der Waals surface area (Å²) in [5.41, 5.74) is -0.331. The predicted octanol–water partition coefficient (Wildman–Crippen LogP) is 1.09. The minimum atomic E-state index is -0.696. The third kappa shape index (κ3) is 2.78. The summed E-state index contributed by atoms with van der Waals surface area (Å²) in [7, 11) is 1.63. The summed E-state index contributed by atoms with van der Waals surface area (Å²) in [6.45, 7) is 5.45. The number of rotatable bonds is 4. The van der Waals surface area contributed by atoms with E-state index in [0.717, 1.165) is 0 Å². The van der Waals surface area contributed by atoms with Crippen molar-refractivity contribution in [1.82, 2.24) is 10.1 Å². The number of ether oxygens (including phenoxy) is 1. The Balaban J connectivity index is 2.69. The van der Waals surface area contributed by atoms with E-state index in [1.807, 2.05) is 13.8 Å². The van der Waals surface area contributed by atoms with Crippen LogP contribution in [0.2, 0.25) is 0 Å². The van der Waals surface area contributed by atoms with Crippen molar-refractivity contribution in [3.8, 4) is 0 Å². The van der Waals surface area contributed by atoms with Gasteiger partial charge in [-0.1, -0.05) is 5.16 Å². The van der Waals surface area contributed by atoms with Crippen LogP contribution in [0.1, 0.15) is 38.6 Å². The number of methoxy groups -OCH3 is 1. The second-order valence-electron chi connectivity index (χ2n) is 3.86. The van der Waals surface area contributed by atoms with Gasteiger partial charge in [-0.05, 0) is 20.8 Å². The molecule has 1 N–H and O–H groups in total. The number of aliphatic hydroxyl groups is 1. The maximum atomic E-state index is 9.18. The lowest BCUT2D eigenvalue weighted by atomic mass is 10.1. The number of aliphatic hydroxyl groups excluding tert-OH is 1. The first kappa shape index (κ1) is 11.1. The van der Waals surface area contributed by atoms with Crippen LogP contribution in [0.3, 0.4) is 0 Å². The third-order valence-corrected chi connectivity index (χ3v) is 1.99. The highest BCUT2D eigenvalue weighted by Crippen LogP contribution is 2.16. The minimum absolute atomic E-state index is 0.312. The summed E-state index contributed by atoms with van der Waals surface area (Å²) in [5, 5.41) is 12.8. The van der Waals surface area contributed by atoms with Crippen LogP contribution in [0.4, 0.5) is 0 Å². The van der Waals surface area contributed by atoms with Crippen LogP contribution in [0, 0.1) is 0 Å². The zero-order chi connectivity index (χ0) is 10.8. The van der Waals surface area contributed by atoms with Gasteiger partial charge >= 0.3 is 0 Å². The molecule has 0 amide bonds. The monoisotopic (exact) mass is 200 g/mol. The Hall–Kier alpha value is -0.940. The van der Waals surface area contributed by atoms with Crippen molar-refractivity contribution >= 4 is 0 Å². The molecule has 0 aromatic carbocycles. The fourth-order valence-electron chi connectivity index (χ4n) is 0.946. The Morgan fingerprint density at radius 2 is 2.21 bits per heavy atom. The fourth-order valence-corrected chi connectivity index (χ4v) is 0.946. The van der Waals surface area contributed by atoms with E-state index in [4.69, 9.17) is 9.26 Å². The first-order valence-electron chi connectivity index (χ1n) is 4.50. The summed E-state index contributed by atoms with van der Waals surface area (Å²) >= 11 is 0. The van der Waals surface area contributed by atoms with Crippen LogP contribution >= 0.6 is 0 Å². The molecular weight excluding hydrogens is 184 g/mol. The zero-order valence-electron chi connectivity index (χ0n) is 8.94. The molecule has 0 aliphatic rings. The van der Waals surface area contributed by atoms with Gasteiger partial charge in [0.05, 0.1) is 12.0 Å². The van der Waals surface area contributed by atoms with Gasteiger partial charge in [0.15, 0.2) is 5.82 Å². The van der Waals surface area contributed by atoms with Crippen molar-refractivity contribution in [2.45, 2.75) is 38.9 Å². The van der Waals surface area contributed by atoms with Crippen LogP contribution in [0.25, 0.3) is 0 Å². The molecule has 1 rings (SSSR count). The average Bonchev–Trinajstić information content (AvgIpc) is 2.52. The van der Waals surface area contributed by atoms with Gasteiger partial charge < -0.3 is 14.4 Å². The first-order valence-corrected chi connectivity index (χ1v) is 4.50. The fraction of sp³-hybridized carbons (Fsp3) is 0.778. The van der Waals surface area contributed by atoms with Gasteiger partial charge in [0.2, 0.25) is 5.89 Å². The summed E-state index contributed by atoms with van der Waals surface area (Å²) in [4.78, 5) is 4.04. The van der Waals surface area contributed by atoms with Crippen LogP contribution < -0.4 is 0 Å². The molecule has 1 unspecified atom stereocenters. The van der Waals surface area contributed by atoms with Crippen molar-refractivity contribution in [2.75, 3.05) is 7.11 Å². The van der Waals surface area contributed by atoms with Crippen molar-refractivity contribution in [3.05, 3.63) is 11.7 Å².